The third-order valence-electron chi connectivity index (χ3n) is 2.76. The zero-order chi connectivity index (χ0) is 10.4. The molecule has 1 saturated carbocycles. The number of hydrogen-bond acceptors (Lipinski definition) is 2. The van der Waals surface area contributed by atoms with Crippen LogP contribution in [-0.2, 0) is 14.6 Å². The predicted molar refractivity (Wildman–Crippen MR) is 59.9 cm³/mol. The zero-order valence-corrected chi connectivity index (χ0v) is 10.2. The molecule has 1 aromatic rings. The van der Waals surface area contributed by atoms with Crippen LogP contribution in [-0.4, -0.2) is 14.7 Å². The first kappa shape index (κ1) is 10.2. The highest BCUT2D eigenvalue weighted by atomic mass is 79.9. The Morgan fingerprint density at radius 2 is 2.00 bits per heavy atom. The molecule has 0 aromatic heterocycles. The SMILES string of the molecule is CS(=O)(=O)C1(c2cccc(Br)c2)CC1. The average Bonchev–Trinajstić information content (AvgIpc) is 2.82. The summed E-state index contributed by atoms with van der Waals surface area (Å²) in [5.41, 5.74) is 0.911. The van der Waals surface area contributed by atoms with E-state index >= 15 is 0 Å². The summed E-state index contributed by atoms with van der Waals surface area (Å²) in [4.78, 5) is 0. The zero-order valence-electron chi connectivity index (χ0n) is 7.83. The van der Waals surface area contributed by atoms with Crippen molar-refractivity contribution in [3.8, 4) is 0 Å². The summed E-state index contributed by atoms with van der Waals surface area (Å²) in [5.74, 6) is 0. The average molecular weight is 275 g/mol. The van der Waals surface area contributed by atoms with Gasteiger partial charge < -0.3 is 0 Å². The van der Waals surface area contributed by atoms with Crippen LogP contribution in [0.4, 0.5) is 0 Å². The molecule has 1 aromatic carbocycles. The Bertz CT molecular complexity index is 461. The van der Waals surface area contributed by atoms with Crippen molar-refractivity contribution in [3.63, 3.8) is 0 Å². The van der Waals surface area contributed by atoms with Crippen molar-refractivity contribution in [2.75, 3.05) is 6.26 Å². The van der Waals surface area contributed by atoms with Crippen molar-refractivity contribution in [1.82, 2.24) is 0 Å². The van der Waals surface area contributed by atoms with Gasteiger partial charge >= 0.3 is 0 Å². The van der Waals surface area contributed by atoms with E-state index in [1.807, 2.05) is 24.3 Å². The highest BCUT2D eigenvalue weighted by molar-refractivity contribution is 9.10. The third-order valence-corrected chi connectivity index (χ3v) is 5.32. The molecule has 0 radical (unpaired) electrons. The van der Waals surface area contributed by atoms with Crippen LogP contribution in [0, 0.1) is 0 Å². The highest BCUT2D eigenvalue weighted by Gasteiger charge is 2.53. The Balaban J connectivity index is 2.51. The van der Waals surface area contributed by atoms with Crippen molar-refractivity contribution < 1.29 is 8.42 Å². The summed E-state index contributed by atoms with van der Waals surface area (Å²) < 4.78 is 23.6. The second-order valence-corrected chi connectivity index (χ2v) is 7.02. The van der Waals surface area contributed by atoms with Crippen molar-refractivity contribution >= 4 is 25.8 Å². The largest absolute Gasteiger partial charge is 0.228 e. The van der Waals surface area contributed by atoms with Gasteiger partial charge in [0.1, 0.15) is 0 Å². The Kier molecular flexibility index (Phi) is 2.23. The van der Waals surface area contributed by atoms with Crippen LogP contribution >= 0.6 is 15.9 Å². The lowest BCUT2D eigenvalue weighted by Gasteiger charge is -2.13. The molecular weight excluding hydrogens is 264 g/mol. The fraction of sp³-hybridized carbons (Fsp3) is 0.400. The fourth-order valence-corrected chi connectivity index (χ4v) is 3.56. The smallest absolute Gasteiger partial charge is 0.157 e. The summed E-state index contributed by atoms with van der Waals surface area (Å²) in [7, 11) is -2.98. The van der Waals surface area contributed by atoms with Gasteiger partial charge in [-0.2, -0.15) is 0 Å². The van der Waals surface area contributed by atoms with E-state index < -0.39 is 14.6 Å². The first-order chi connectivity index (χ1) is 6.46. The van der Waals surface area contributed by atoms with E-state index in [2.05, 4.69) is 15.9 Å². The van der Waals surface area contributed by atoms with Crippen molar-refractivity contribution in [3.05, 3.63) is 34.3 Å². The Hall–Kier alpha value is -0.350. The van der Waals surface area contributed by atoms with Gasteiger partial charge in [0.15, 0.2) is 9.84 Å². The van der Waals surface area contributed by atoms with Crippen LogP contribution in [0.3, 0.4) is 0 Å². The standard InChI is InChI=1S/C10H11BrO2S/c1-14(12,13)10(5-6-10)8-3-2-4-9(11)7-8/h2-4,7H,5-6H2,1H3. The van der Waals surface area contributed by atoms with Crippen LogP contribution in [0.5, 0.6) is 0 Å². The van der Waals surface area contributed by atoms with Gasteiger partial charge in [-0.1, -0.05) is 28.1 Å². The van der Waals surface area contributed by atoms with E-state index in [1.54, 1.807) is 0 Å². The van der Waals surface area contributed by atoms with E-state index in [0.717, 1.165) is 22.9 Å². The van der Waals surface area contributed by atoms with Crippen molar-refractivity contribution in [2.45, 2.75) is 17.6 Å². The quantitative estimate of drug-likeness (QED) is 0.831. The lowest BCUT2D eigenvalue weighted by atomic mass is 10.1. The van der Waals surface area contributed by atoms with Crippen molar-refractivity contribution in [2.24, 2.45) is 0 Å². The molecule has 0 aliphatic heterocycles. The van der Waals surface area contributed by atoms with Crippen molar-refractivity contribution in [1.29, 1.82) is 0 Å². The molecule has 1 aliphatic rings. The minimum absolute atomic E-state index is 0.587. The monoisotopic (exact) mass is 274 g/mol. The van der Waals surface area contributed by atoms with Gasteiger partial charge in [-0.05, 0) is 30.5 Å². The summed E-state index contributed by atoms with van der Waals surface area (Å²) in [6, 6.07) is 7.57. The number of hydrogen-bond donors (Lipinski definition) is 0. The molecule has 2 nitrogen and oxygen atoms in total. The molecule has 0 N–H and O–H groups in total. The molecule has 0 saturated heterocycles. The summed E-state index contributed by atoms with van der Waals surface area (Å²) in [6.07, 6.45) is 2.82. The molecule has 0 spiro atoms. The van der Waals surface area contributed by atoms with Crippen LogP contribution in [0.25, 0.3) is 0 Å². The summed E-state index contributed by atoms with van der Waals surface area (Å²) >= 11 is 3.35. The minimum atomic E-state index is -2.98. The van der Waals surface area contributed by atoms with Crippen LogP contribution in [0.15, 0.2) is 28.7 Å². The molecule has 4 heteroatoms. The van der Waals surface area contributed by atoms with E-state index in [9.17, 15) is 8.42 Å². The fourth-order valence-electron chi connectivity index (χ4n) is 1.76. The maximum Gasteiger partial charge on any atom is 0.157 e. The van der Waals surface area contributed by atoms with Gasteiger partial charge in [-0.3, -0.25) is 0 Å². The first-order valence-electron chi connectivity index (χ1n) is 4.41. The number of rotatable bonds is 2. The van der Waals surface area contributed by atoms with E-state index in [0.29, 0.717) is 0 Å². The van der Waals surface area contributed by atoms with E-state index in [-0.39, 0.29) is 0 Å². The topological polar surface area (TPSA) is 34.1 Å². The number of benzene rings is 1. The molecule has 1 aliphatic carbocycles. The lowest BCUT2D eigenvalue weighted by Crippen LogP contribution is -2.19. The van der Waals surface area contributed by atoms with E-state index in [4.69, 9.17) is 0 Å². The normalized spacial score (nSPS) is 19.3. The maximum absolute atomic E-state index is 11.6. The predicted octanol–water partition coefficient (Wildman–Crippen LogP) is 2.48. The molecule has 76 valence electrons. The number of halogens is 1. The van der Waals surface area contributed by atoms with Crippen LogP contribution in [0.1, 0.15) is 18.4 Å². The molecular formula is C10H11BrO2S. The maximum atomic E-state index is 11.6. The summed E-state index contributed by atoms with van der Waals surface area (Å²) in [5, 5.41) is 0. The Labute approximate surface area is 92.4 Å². The Morgan fingerprint density at radius 3 is 2.43 bits per heavy atom. The first-order valence-corrected chi connectivity index (χ1v) is 7.10. The molecule has 2 rings (SSSR count). The lowest BCUT2D eigenvalue weighted by molar-refractivity contribution is 0.586. The molecule has 0 amide bonds. The van der Waals surface area contributed by atoms with Gasteiger partial charge in [-0.15, -0.1) is 0 Å². The minimum Gasteiger partial charge on any atom is -0.228 e. The van der Waals surface area contributed by atoms with Gasteiger partial charge in [0, 0.05) is 10.7 Å². The second kappa shape index (κ2) is 3.07. The molecule has 0 heterocycles. The molecule has 0 atom stereocenters. The Morgan fingerprint density at radius 1 is 1.36 bits per heavy atom. The van der Waals surface area contributed by atoms with Gasteiger partial charge in [0.25, 0.3) is 0 Å². The second-order valence-electron chi connectivity index (χ2n) is 3.78. The van der Waals surface area contributed by atoms with Gasteiger partial charge in [-0.25, -0.2) is 8.42 Å². The molecule has 14 heavy (non-hydrogen) atoms. The summed E-state index contributed by atoms with van der Waals surface area (Å²) in [6.45, 7) is 0. The van der Waals surface area contributed by atoms with Crippen LogP contribution in [0.2, 0.25) is 0 Å². The molecule has 0 bridgehead atoms. The highest BCUT2D eigenvalue weighted by Crippen LogP contribution is 2.52. The van der Waals surface area contributed by atoms with Crippen LogP contribution < -0.4 is 0 Å². The molecule has 1 fully saturated rings. The third kappa shape index (κ3) is 1.50. The molecule has 0 unspecified atom stereocenters. The number of sulfone groups is 1. The van der Waals surface area contributed by atoms with E-state index in [1.165, 1.54) is 6.26 Å². The van der Waals surface area contributed by atoms with Gasteiger partial charge in [0.2, 0.25) is 0 Å². The van der Waals surface area contributed by atoms with Gasteiger partial charge in [0.05, 0.1) is 4.75 Å².